The van der Waals surface area contributed by atoms with Crippen LogP contribution < -0.4 is 15.2 Å². The van der Waals surface area contributed by atoms with Gasteiger partial charge >= 0.3 is 0 Å². The van der Waals surface area contributed by atoms with Crippen LogP contribution in [0.3, 0.4) is 0 Å². The van der Waals surface area contributed by atoms with E-state index in [-0.39, 0.29) is 5.03 Å². The van der Waals surface area contributed by atoms with E-state index in [1.165, 1.54) is 0 Å². The molecule has 1 aromatic heterocycles. The molecule has 142 valence electrons. The Morgan fingerprint density at radius 3 is 2.22 bits per heavy atom. The Kier molecular flexibility index (Phi) is 5.48. The van der Waals surface area contributed by atoms with Crippen molar-refractivity contribution in [1.29, 1.82) is 0 Å². The molecule has 0 aliphatic heterocycles. The minimum Gasteiger partial charge on any atom is -0.497 e. The summed E-state index contributed by atoms with van der Waals surface area (Å²) < 4.78 is 36.3. The maximum atomic E-state index is 12.0. The van der Waals surface area contributed by atoms with Crippen molar-refractivity contribution in [2.24, 2.45) is 5.73 Å². The normalized spacial score (nSPS) is 11.4. The Bertz CT molecular complexity index is 1010. The molecule has 1 heterocycles. The lowest BCUT2D eigenvalue weighted by Gasteiger charge is -2.09. The van der Waals surface area contributed by atoms with Gasteiger partial charge in [0.1, 0.15) is 18.1 Å². The lowest BCUT2D eigenvalue weighted by molar-refractivity contribution is 0.328. The Morgan fingerprint density at radius 1 is 1.04 bits per heavy atom. The summed E-state index contributed by atoms with van der Waals surface area (Å²) in [4.78, 5) is 0. The molecule has 0 atom stereocenters. The highest BCUT2D eigenvalue weighted by Crippen LogP contribution is 2.28. The van der Waals surface area contributed by atoms with Crippen LogP contribution in [-0.4, -0.2) is 44.7 Å². The van der Waals surface area contributed by atoms with Crippen LogP contribution in [0.5, 0.6) is 11.5 Å². The summed E-state index contributed by atoms with van der Waals surface area (Å²) in [5.41, 5.74) is 7.64. The van der Waals surface area contributed by atoms with E-state index >= 15 is 0 Å². The molecular formula is C19H21N3O4S. The molecule has 7 nitrogen and oxygen atoms in total. The molecule has 0 bridgehead atoms. The highest BCUT2D eigenvalue weighted by molar-refractivity contribution is 7.90. The number of ether oxygens (including phenoxy) is 2. The van der Waals surface area contributed by atoms with E-state index in [2.05, 4.69) is 5.10 Å². The second kappa shape index (κ2) is 7.81. The third kappa shape index (κ3) is 4.29. The first-order chi connectivity index (χ1) is 12.9. The number of nitrogens with zero attached hydrogens (tertiary/aromatic N) is 2. The first kappa shape index (κ1) is 18.9. The minimum atomic E-state index is -3.45. The Labute approximate surface area is 158 Å². The highest BCUT2D eigenvalue weighted by atomic mass is 32.2. The van der Waals surface area contributed by atoms with Gasteiger partial charge in [0.2, 0.25) is 0 Å². The maximum absolute atomic E-state index is 12.0. The third-order valence-corrected chi connectivity index (χ3v) is 4.88. The number of hydrogen-bond donors (Lipinski definition) is 1. The molecule has 0 amide bonds. The topological polar surface area (TPSA) is 96.4 Å². The van der Waals surface area contributed by atoms with Crippen LogP contribution >= 0.6 is 0 Å². The van der Waals surface area contributed by atoms with E-state index in [1.807, 2.05) is 36.4 Å². The molecule has 27 heavy (non-hydrogen) atoms. The van der Waals surface area contributed by atoms with Crippen molar-refractivity contribution in [1.82, 2.24) is 9.78 Å². The summed E-state index contributed by atoms with van der Waals surface area (Å²) in [5.74, 6) is 1.40. The number of hydrogen-bond acceptors (Lipinski definition) is 6. The number of methoxy groups -OCH3 is 1. The fourth-order valence-electron chi connectivity index (χ4n) is 2.57. The SMILES string of the molecule is COc1ccc(-n2nc(S(C)(=O)=O)cc2-c2ccc(OCCN)cc2)cc1. The van der Waals surface area contributed by atoms with Crippen molar-refractivity contribution in [3.63, 3.8) is 0 Å². The standard InChI is InChI=1S/C19H21N3O4S/c1-25-16-9-5-15(6-10-16)22-18(13-19(21-22)27(2,23)24)14-3-7-17(8-4-14)26-12-11-20/h3-10,13H,11-12,20H2,1-2H3. The first-order valence-electron chi connectivity index (χ1n) is 8.30. The molecule has 0 radical (unpaired) electrons. The smallest absolute Gasteiger partial charge is 0.194 e. The molecule has 2 aromatic carbocycles. The van der Waals surface area contributed by atoms with E-state index in [9.17, 15) is 8.42 Å². The molecule has 0 aliphatic rings. The zero-order valence-electron chi connectivity index (χ0n) is 15.1. The fraction of sp³-hybridized carbons (Fsp3) is 0.211. The lowest BCUT2D eigenvalue weighted by Crippen LogP contribution is -2.10. The van der Waals surface area contributed by atoms with Crippen LogP contribution in [0.2, 0.25) is 0 Å². The Balaban J connectivity index is 2.06. The molecular weight excluding hydrogens is 366 g/mol. The lowest BCUT2D eigenvalue weighted by atomic mass is 10.1. The highest BCUT2D eigenvalue weighted by Gasteiger charge is 2.18. The molecule has 2 N–H and O–H groups in total. The summed E-state index contributed by atoms with van der Waals surface area (Å²) in [7, 11) is -1.86. The van der Waals surface area contributed by atoms with Crippen molar-refractivity contribution in [3.05, 3.63) is 54.6 Å². The van der Waals surface area contributed by atoms with Gasteiger partial charge in [-0.3, -0.25) is 0 Å². The summed E-state index contributed by atoms with van der Waals surface area (Å²) in [6.45, 7) is 0.866. The molecule has 8 heteroatoms. The Morgan fingerprint density at radius 2 is 1.67 bits per heavy atom. The first-order valence-corrected chi connectivity index (χ1v) is 10.2. The largest absolute Gasteiger partial charge is 0.497 e. The van der Waals surface area contributed by atoms with Crippen molar-refractivity contribution in [2.75, 3.05) is 26.5 Å². The van der Waals surface area contributed by atoms with Gasteiger partial charge in [0.05, 0.1) is 18.5 Å². The molecule has 0 saturated carbocycles. The van der Waals surface area contributed by atoms with Gasteiger partial charge in [0.25, 0.3) is 0 Å². The van der Waals surface area contributed by atoms with Crippen LogP contribution in [0.15, 0.2) is 59.6 Å². The van der Waals surface area contributed by atoms with Crippen molar-refractivity contribution in [2.45, 2.75) is 5.03 Å². The summed E-state index contributed by atoms with van der Waals surface area (Å²) in [6.07, 6.45) is 1.14. The van der Waals surface area contributed by atoms with Crippen LogP contribution in [0.1, 0.15) is 0 Å². The zero-order chi connectivity index (χ0) is 19.4. The van der Waals surface area contributed by atoms with Crippen LogP contribution in [0, 0.1) is 0 Å². The number of nitrogens with two attached hydrogens (primary N) is 1. The number of aromatic nitrogens is 2. The van der Waals surface area contributed by atoms with Gasteiger partial charge in [-0.05, 0) is 48.5 Å². The maximum Gasteiger partial charge on any atom is 0.194 e. The van der Waals surface area contributed by atoms with E-state index in [1.54, 1.807) is 30.0 Å². The van der Waals surface area contributed by atoms with Crippen molar-refractivity contribution < 1.29 is 17.9 Å². The van der Waals surface area contributed by atoms with Gasteiger partial charge in [0, 0.05) is 24.4 Å². The van der Waals surface area contributed by atoms with E-state index in [4.69, 9.17) is 15.2 Å². The quantitative estimate of drug-likeness (QED) is 0.668. The Hall–Kier alpha value is -2.84. The monoisotopic (exact) mass is 387 g/mol. The molecule has 3 aromatic rings. The van der Waals surface area contributed by atoms with Gasteiger partial charge in [0.15, 0.2) is 14.9 Å². The molecule has 0 saturated heterocycles. The summed E-state index contributed by atoms with van der Waals surface area (Å²) >= 11 is 0. The molecule has 0 spiro atoms. The van der Waals surface area contributed by atoms with E-state index < -0.39 is 9.84 Å². The average Bonchev–Trinajstić information content (AvgIpc) is 3.13. The van der Waals surface area contributed by atoms with Crippen molar-refractivity contribution >= 4 is 9.84 Å². The van der Waals surface area contributed by atoms with E-state index in [0.29, 0.717) is 30.3 Å². The zero-order valence-corrected chi connectivity index (χ0v) is 15.9. The van der Waals surface area contributed by atoms with Crippen LogP contribution in [0.25, 0.3) is 16.9 Å². The van der Waals surface area contributed by atoms with Crippen LogP contribution in [-0.2, 0) is 9.84 Å². The molecule has 0 unspecified atom stereocenters. The number of benzene rings is 2. The molecule has 3 rings (SSSR count). The van der Waals surface area contributed by atoms with Gasteiger partial charge < -0.3 is 15.2 Å². The number of rotatable bonds is 7. The fourth-order valence-corrected chi connectivity index (χ4v) is 3.12. The second-order valence-electron chi connectivity index (χ2n) is 5.91. The minimum absolute atomic E-state index is 0.0109. The summed E-state index contributed by atoms with van der Waals surface area (Å²) in [5, 5.41) is 4.31. The average molecular weight is 387 g/mol. The van der Waals surface area contributed by atoms with E-state index in [0.717, 1.165) is 17.5 Å². The van der Waals surface area contributed by atoms with Gasteiger partial charge in [-0.2, -0.15) is 5.10 Å². The third-order valence-electron chi connectivity index (χ3n) is 3.92. The predicted octanol–water partition coefficient (Wildman–Crippen LogP) is 2.29. The number of sulfone groups is 1. The van der Waals surface area contributed by atoms with Gasteiger partial charge in [-0.1, -0.05) is 0 Å². The van der Waals surface area contributed by atoms with Crippen molar-refractivity contribution in [3.8, 4) is 28.4 Å². The molecule has 0 aliphatic carbocycles. The summed E-state index contributed by atoms with van der Waals surface area (Å²) in [6, 6.07) is 16.1. The predicted molar refractivity (Wildman–Crippen MR) is 103 cm³/mol. The molecule has 0 fully saturated rings. The van der Waals surface area contributed by atoms with Gasteiger partial charge in [-0.15, -0.1) is 0 Å². The van der Waals surface area contributed by atoms with Crippen LogP contribution in [0.4, 0.5) is 0 Å². The second-order valence-corrected chi connectivity index (χ2v) is 7.87. The van der Waals surface area contributed by atoms with Gasteiger partial charge in [-0.25, -0.2) is 13.1 Å².